The summed E-state index contributed by atoms with van der Waals surface area (Å²) in [5.74, 6) is -0.573. The lowest BCUT2D eigenvalue weighted by Gasteiger charge is -2.22. The first-order valence-corrected chi connectivity index (χ1v) is 6.78. The van der Waals surface area contributed by atoms with Crippen molar-refractivity contribution in [2.75, 3.05) is 11.4 Å². The number of nitrogens with zero attached hydrogens (tertiary/aromatic N) is 1. The highest BCUT2D eigenvalue weighted by atomic mass is 16.4. The topological polar surface area (TPSA) is 70.8 Å². The molecule has 2 aromatic rings. The van der Waals surface area contributed by atoms with Crippen LogP contribution in [0.3, 0.4) is 0 Å². The maximum atomic E-state index is 12.7. The summed E-state index contributed by atoms with van der Waals surface area (Å²) < 4.78 is 5.28. The van der Waals surface area contributed by atoms with E-state index in [1.54, 1.807) is 18.2 Å². The Morgan fingerprint density at radius 1 is 1.19 bits per heavy atom. The van der Waals surface area contributed by atoms with Gasteiger partial charge in [-0.05, 0) is 18.2 Å². The van der Waals surface area contributed by atoms with Gasteiger partial charge in [0, 0.05) is 18.7 Å². The van der Waals surface area contributed by atoms with Crippen molar-refractivity contribution in [1.29, 1.82) is 0 Å². The summed E-state index contributed by atoms with van der Waals surface area (Å²) in [7, 11) is 0. The van der Waals surface area contributed by atoms with E-state index < -0.39 is 5.97 Å². The van der Waals surface area contributed by atoms with E-state index in [-0.39, 0.29) is 18.9 Å². The van der Waals surface area contributed by atoms with E-state index in [2.05, 4.69) is 0 Å². The van der Waals surface area contributed by atoms with E-state index in [1.165, 1.54) is 11.2 Å². The zero-order valence-electron chi connectivity index (χ0n) is 11.8. The number of anilines is 1. The summed E-state index contributed by atoms with van der Waals surface area (Å²) >= 11 is 0. The van der Waals surface area contributed by atoms with Crippen molar-refractivity contribution in [2.45, 2.75) is 19.8 Å². The van der Waals surface area contributed by atoms with E-state index in [9.17, 15) is 9.59 Å². The lowest BCUT2D eigenvalue weighted by Crippen LogP contribution is -2.33. The van der Waals surface area contributed by atoms with Crippen LogP contribution >= 0.6 is 0 Å². The number of aryl methyl sites for hydroxylation is 1. The van der Waals surface area contributed by atoms with Gasteiger partial charge in [0.15, 0.2) is 0 Å². The fourth-order valence-electron chi connectivity index (χ4n) is 2.11. The van der Waals surface area contributed by atoms with E-state index in [4.69, 9.17) is 9.52 Å². The number of carbonyl (C=O) groups excluding carboxylic acids is 1. The Morgan fingerprint density at radius 3 is 2.52 bits per heavy atom. The molecule has 1 aromatic heterocycles. The van der Waals surface area contributed by atoms with E-state index in [0.29, 0.717) is 23.4 Å². The quantitative estimate of drug-likeness (QED) is 0.886. The summed E-state index contributed by atoms with van der Waals surface area (Å²) in [6, 6.07) is 10.7. The summed E-state index contributed by atoms with van der Waals surface area (Å²) in [5.41, 5.74) is 1.15. The maximum Gasteiger partial charge on any atom is 0.305 e. The minimum Gasteiger partial charge on any atom is -0.481 e. The molecule has 0 aliphatic rings. The number of carbonyl (C=O) groups is 2. The molecule has 0 aliphatic carbocycles. The first-order chi connectivity index (χ1) is 10.1. The Hall–Kier alpha value is -2.56. The third-order valence-electron chi connectivity index (χ3n) is 3.16. The third-order valence-corrected chi connectivity index (χ3v) is 3.16. The maximum absolute atomic E-state index is 12.7. The van der Waals surface area contributed by atoms with Crippen molar-refractivity contribution < 1.29 is 19.1 Å². The second-order valence-electron chi connectivity index (χ2n) is 4.55. The molecular weight excluding hydrogens is 270 g/mol. The monoisotopic (exact) mass is 287 g/mol. The minimum atomic E-state index is -0.938. The number of rotatable bonds is 6. The highest BCUT2D eigenvalue weighted by Crippen LogP contribution is 2.20. The van der Waals surface area contributed by atoms with Gasteiger partial charge >= 0.3 is 5.97 Å². The van der Waals surface area contributed by atoms with Crippen LogP contribution in [0.1, 0.15) is 29.5 Å². The normalized spacial score (nSPS) is 10.3. The van der Waals surface area contributed by atoms with E-state index in [1.807, 2.05) is 25.1 Å². The van der Waals surface area contributed by atoms with Crippen molar-refractivity contribution in [1.82, 2.24) is 0 Å². The molecule has 0 saturated carbocycles. The zero-order chi connectivity index (χ0) is 15.2. The second-order valence-corrected chi connectivity index (χ2v) is 4.55. The molecule has 0 bridgehead atoms. The van der Waals surface area contributed by atoms with Gasteiger partial charge in [0.05, 0.1) is 18.2 Å². The van der Waals surface area contributed by atoms with E-state index >= 15 is 0 Å². The van der Waals surface area contributed by atoms with Crippen molar-refractivity contribution in [3.8, 4) is 0 Å². The molecule has 0 unspecified atom stereocenters. The SMILES string of the molecule is CCc1occc1C(=O)N(CCC(=O)O)c1ccccc1. The number of hydrogen-bond acceptors (Lipinski definition) is 3. The molecule has 1 N–H and O–H groups in total. The van der Waals surface area contributed by atoms with Gasteiger partial charge < -0.3 is 14.4 Å². The van der Waals surface area contributed by atoms with Gasteiger partial charge in [0.1, 0.15) is 5.76 Å². The number of hydrogen-bond donors (Lipinski definition) is 1. The van der Waals surface area contributed by atoms with Gasteiger partial charge in [-0.1, -0.05) is 25.1 Å². The van der Waals surface area contributed by atoms with Gasteiger partial charge in [-0.3, -0.25) is 9.59 Å². The molecule has 0 spiro atoms. The molecule has 0 saturated heterocycles. The van der Waals surface area contributed by atoms with Crippen molar-refractivity contribution >= 4 is 17.6 Å². The Kier molecular flexibility index (Phi) is 4.77. The van der Waals surface area contributed by atoms with Gasteiger partial charge in [-0.2, -0.15) is 0 Å². The number of carboxylic acids is 1. The predicted molar refractivity (Wildman–Crippen MR) is 78.5 cm³/mol. The Morgan fingerprint density at radius 2 is 1.90 bits per heavy atom. The van der Waals surface area contributed by atoms with Crippen molar-refractivity contribution in [2.24, 2.45) is 0 Å². The molecule has 1 aromatic carbocycles. The smallest absolute Gasteiger partial charge is 0.305 e. The van der Waals surface area contributed by atoms with Crippen LogP contribution in [0.15, 0.2) is 47.1 Å². The molecule has 5 nitrogen and oxygen atoms in total. The number of carboxylic acid groups (broad SMARTS) is 1. The number of para-hydroxylation sites is 1. The van der Waals surface area contributed by atoms with Crippen LogP contribution in [-0.4, -0.2) is 23.5 Å². The van der Waals surface area contributed by atoms with Crippen molar-refractivity contribution in [3.05, 3.63) is 54.0 Å². The Bertz CT molecular complexity index is 618. The van der Waals surface area contributed by atoms with Gasteiger partial charge in [0.2, 0.25) is 0 Å². The number of amides is 1. The fourth-order valence-corrected chi connectivity index (χ4v) is 2.11. The predicted octanol–water partition coefficient (Wildman–Crippen LogP) is 2.96. The molecule has 1 amide bonds. The lowest BCUT2D eigenvalue weighted by atomic mass is 10.1. The fraction of sp³-hybridized carbons (Fsp3) is 0.250. The number of benzene rings is 1. The molecule has 0 radical (unpaired) electrons. The molecular formula is C16H17NO4. The van der Waals surface area contributed by atoms with Crippen LogP contribution in [0.4, 0.5) is 5.69 Å². The number of aliphatic carboxylic acids is 1. The highest BCUT2D eigenvalue weighted by Gasteiger charge is 2.22. The summed E-state index contributed by atoms with van der Waals surface area (Å²) in [4.78, 5) is 25.0. The lowest BCUT2D eigenvalue weighted by molar-refractivity contribution is -0.136. The van der Waals surface area contributed by atoms with Crippen LogP contribution < -0.4 is 4.90 Å². The molecule has 1 heterocycles. The summed E-state index contributed by atoms with van der Waals surface area (Å²) in [5, 5.41) is 8.87. The summed E-state index contributed by atoms with van der Waals surface area (Å²) in [6.07, 6.45) is 1.97. The van der Waals surface area contributed by atoms with Crippen LogP contribution in [0.25, 0.3) is 0 Å². The van der Waals surface area contributed by atoms with Gasteiger partial charge in [-0.15, -0.1) is 0 Å². The average Bonchev–Trinajstić information content (AvgIpc) is 2.96. The zero-order valence-corrected chi connectivity index (χ0v) is 11.8. The summed E-state index contributed by atoms with van der Waals surface area (Å²) in [6.45, 7) is 2.02. The van der Waals surface area contributed by atoms with Crippen molar-refractivity contribution in [3.63, 3.8) is 0 Å². The molecule has 110 valence electrons. The van der Waals surface area contributed by atoms with Crippen LogP contribution in [0.5, 0.6) is 0 Å². The third kappa shape index (κ3) is 3.51. The van der Waals surface area contributed by atoms with E-state index in [0.717, 1.165) is 0 Å². The highest BCUT2D eigenvalue weighted by molar-refractivity contribution is 6.06. The number of furan rings is 1. The Balaban J connectivity index is 2.30. The van der Waals surface area contributed by atoms with Crippen LogP contribution in [-0.2, 0) is 11.2 Å². The van der Waals surface area contributed by atoms with Crippen LogP contribution in [0, 0.1) is 0 Å². The van der Waals surface area contributed by atoms with Gasteiger partial charge in [-0.25, -0.2) is 0 Å². The molecule has 21 heavy (non-hydrogen) atoms. The average molecular weight is 287 g/mol. The van der Waals surface area contributed by atoms with Crippen LogP contribution in [0.2, 0.25) is 0 Å². The minimum absolute atomic E-state index is 0.111. The van der Waals surface area contributed by atoms with Gasteiger partial charge in [0.25, 0.3) is 5.91 Å². The Labute approximate surface area is 122 Å². The first-order valence-electron chi connectivity index (χ1n) is 6.78. The largest absolute Gasteiger partial charge is 0.481 e. The molecule has 0 atom stereocenters. The molecule has 0 fully saturated rings. The standard InChI is InChI=1S/C16H17NO4/c1-2-14-13(9-11-21-14)16(20)17(10-8-15(18)19)12-6-4-3-5-7-12/h3-7,9,11H,2,8,10H2,1H3,(H,18,19). The molecule has 2 rings (SSSR count). The molecule has 5 heteroatoms. The second kappa shape index (κ2) is 6.74. The first kappa shape index (κ1) is 14.8. The molecule has 0 aliphatic heterocycles.